The van der Waals surface area contributed by atoms with Crippen molar-refractivity contribution in [3.05, 3.63) is 83.7 Å². The van der Waals surface area contributed by atoms with Gasteiger partial charge in [-0.25, -0.2) is 0 Å². The molecule has 1 unspecified atom stereocenters. The minimum absolute atomic E-state index is 0.0204. The number of aromatic nitrogens is 1. The summed E-state index contributed by atoms with van der Waals surface area (Å²) in [5, 5.41) is 3.55. The molecule has 2 heterocycles. The standard InChI is InChI=1S/C19H16F2N2O/c20-19(21)24-15-9-7-13(8-10-15)18-17-6-3-11-23(17)16-5-2-1-4-14(16)12-22-18/h1-11,18-19,22H,12H2. The molecule has 1 atom stereocenters. The Bertz CT molecular complexity index is 843. The molecule has 3 aromatic rings. The van der Waals surface area contributed by atoms with E-state index in [1.165, 1.54) is 5.56 Å². The second-order valence-electron chi connectivity index (χ2n) is 5.69. The number of hydrogen-bond acceptors (Lipinski definition) is 2. The van der Waals surface area contributed by atoms with Gasteiger partial charge in [0.05, 0.1) is 6.04 Å². The van der Waals surface area contributed by atoms with Gasteiger partial charge in [-0.1, -0.05) is 30.3 Å². The first-order chi connectivity index (χ1) is 11.7. The van der Waals surface area contributed by atoms with Crippen LogP contribution in [-0.2, 0) is 6.54 Å². The van der Waals surface area contributed by atoms with Crippen molar-refractivity contribution < 1.29 is 13.5 Å². The van der Waals surface area contributed by atoms with Crippen molar-refractivity contribution in [1.82, 2.24) is 9.88 Å². The molecule has 1 aromatic heterocycles. The SMILES string of the molecule is FC(F)Oc1ccc(C2NCc3ccccc3-n3cccc32)cc1. The molecule has 0 saturated carbocycles. The number of benzene rings is 2. The van der Waals surface area contributed by atoms with Crippen LogP contribution in [0.5, 0.6) is 5.75 Å². The fourth-order valence-corrected chi connectivity index (χ4v) is 3.19. The smallest absolute Gasteiger partial charge is 0.387 e. The number of para-hydroxylation sites is 1. The van der Waals surface area contributed by atoms with Crippen molar-refractivity contribution >= 4 is 0 Å². The summed E-state index contributed by atoms with van der Waals surface area (Å²) >= 11 is 0. The second kappa shape index (κ2) is 6.09. The number of hydrogen-bond donors (Lipinski definition) is 1. The van der Waals surface area contributed by atoms with Gasteiger partial charge in [-0.15, -0.1) is 0 Å². The average Bonchev–Trinajstić information content (AvgIpc) is 3.00. The van der Waals surface area contributed by atoms with E-state index in [0.29, 0.717) is 0 Å². The van der Waals surface area contributed by atoms with Crippen LogP contribution in [0.15, 0.2) is 66.9 Å². The van der Waals surface area contributed by atoms with E-state index in [4.69, 9.17) is 0 Å². The number of rotatable bonds is 3. The van der Waals surface area contributed by atoms with E-state index in [9.17, 15) is 8.78 Å². The minimum Gasteiger partial charge on any atom is -0.435 e. The van der Waals surface area contributed by atoms with Gasteiger partial charge in [0.25, 0.3) is 0 Å². The summed E-state index contributed by atoms with van der Waals surface area (Å²) in [6, 6.07) is 19.1. The van der Waals surface area contributed by atoms with Gasteiger partial charge in [0.1, 0.15) is 5.75 Å². The quantitative estimate of drug-likeness (QED) is 0.778. The summed E-state index contributed by atoms with van der Waals surface area (Å²) < 4.78 is 31.2. The van der Waals surface area contributed by atoms with Gasteiger partial charge in [-0.05, 0) is 41.5 Å². The van der Waals surface area contributed by atoms with Crippen LogP contribution >= 0.6 is 0 Å². The van der Waals surface area contributed by atoms with E-state index in [1.807, 2.05) is 36.5 Å². The van der Waals surface area contributed by atoms with E-state index in [1.54, 1.807) is 12.1 Å². The lowest BCUT2D eigenvalue weighted by atomic mass is 10.0. The molecule has 1 N–H and O–H groups in total. The fourth-order valence-electron chi connectivity index (χ4n) is 3.19. The van der Waals surface area contributed by atoms with E-state index < -0.39 is 6.61 Å². The highest BCUT2D eigenvalue weighted by Crippen LogP contribution is 2.31. The van der Waals surface area contributed by atoms with Crippen LogP contribution in [-0.4, -0.2) is 11.2 Å². The molecular formula is C19H16F2N2O. The molecule has 0 amide bonds. The Kier molecular flexibility index (Phi) is 3.78. The molecule has 122 valence electrons. The largest absolute Gasteiger partial charge is 0.435 e. The fraction of sp³-hybridized carbons (Fsp3) is 0.158. The lowest BCUT2D eigenvalue weighted by Crippen LogP contribution is -2.21. The highest BCUT2D eigenvalue weighted by molar-refractivity contribution is 5.47. The highest BCUT2D eigenvalue weighted by Gasteiger charge is 2.22. The number of nitrogens with one attached hydrogen (secondary N) is 1. The maximum Gasteiger partial charge on any atom is 0.387 e. The van der Waals surface area contributed by atoms with Crippen LogP contribution in [0.1, 0.15) is 22.9 Å². The monoisotopic (exact) mass is 326 g/mol. The summed E-state index contributed by atoms with van der Waals surface area (Å²) in [7, 11) is 0. The van der Waals surface area contributed by atoms with Crippen molar-refractivity contribution in [2.45, 2.75) is 19.2 Å². The summed E-state index contributed by atoms with van der Waals surface area (Å²) in [5.74, 6) is 0.168. The van der Waals surface area contributed by atoms with Gasteiger partial charge in [0, 0.05) is 24.1 Å². The first-order valence-corrected chi connectivity index (χ1v) is 7.76. The first-order valence-electron chi connectivity index (χ1n) is 7.76. The van der Waals surface area contributed by atoms with Crippen LogP contribution in [0.2, 0.25) is 0 Å². The third kappa shape index (κ3) is 2.67. The predicted octanol–water partition coefficient (Wildman–Crippen LogP) is 4.27. The number of nitrogens with zero attached hydrogens (tertiary/aromatic N) is 1. The minimum atomic E-state index is -2.81. The Morgan fingerprint density at radius 3 is 2.58 bits per heavy atom. The van der Waals surface area contributed by atoms with Crippen LogP contribution < -0.4 is 10.1 Å². The molecule has 0 spiro atoms. The molecule has 5 heteroatoms. The summed E-state index contributed by atoms with van der Waals surface area (Å²) in [6.07, 6.45) is 2.04. The first kappa shape index (κ1) is 14.9. The molecule has 0 fully saturated rings. The van der Waals surface area contributed by atoms with E-state index in [2.05, 4.69) is 32.8 Å². The van der Waals surface area contributed by atoms with Crippen molar-refractivity contribution in [3.63, 3.8) is 0 Å². The van der Waals surface area contributed by atoms with Crippen molar-refractivity contribution in [2.75, 3.05) is 0 Å². The number of ether oxygens (including phenoxy) is 1. The Morgan fingerprint density at radius 2 is 1.79 bits per heavy atom. The maximum atomic E-state index is 12.3. The summed E-state index contributed by atoms with van der Waals surface area (Å²) in [4.78, 5) is 0. The molecule has 3 nitrogen and oxygen atoms in total. The average molecular weight is 326 g/mol. The molecule has 0 saturated heterocycles. The third-order valence-corrected chi connectivity index (χ3v) is 4.26. The lowest BCUT2D eigenvalue weighted by Gasteiger charge is -2.18. The molecular weight excluding hydrogens is 310 g/mol. The Morgan fingerprint density at radius 1 is 1.00 bits per heavy atom. The van der Waals surface area contributed by atoms with Gasteiger partial charge >= 0.3 is 6.61 Å². The Labute approximate surface area is 138 Å². The topological polar surface area (TPSA) is 26.2 Å². The van der Waals surface area contributed by atoms with Crippen molar-refractivity contribution in [3.8, 4) is 11.4 Å². The molecule has 0 radical (unpaired) electrons. The zero-order valence-corrected chi connectivity index (χ0v) is 12.8. The van der Waals surface area contributed by atoms with Crippen molar-refractivity contribution in [2.24, 2.45) is 0 Å². The molecule has 2 aromatic carbocycles. The van der Waals surface area contributed by atoms with E-state index in [-0.39, 0.29) is 11.8 Å². The summed E-state index contributed by atoms with van der Waals surface area (Å²) in [6.45, 7) is -2.07. The second-order valence-corrected chi connectivity index (χ2v) is 5.69. The van der Waals surface area contributed by atoms with Crippen LogP contribution in [0, 0.1) is 0 Å². The zero-order chi connectivity index (χ0) is 16.5. The molecule has 4 rings (SSSR count). The van der Waals surface area contributed by atoms with Crippen molar-refractivity contribution in [1.29, 1.82) is 0 Å². The third-order valence-electron chi connectivity index (χ3n) is 4.26. The molecule has 0 aliphatic carbocycles. The molecule has 1 aliphatic heterocycles. The van der Waals surface area contributed by atoms with E-state index in [0.717, 1.165) is 23.5 Å². The number of halogens is 2. The summed E-state index contributed by atoms with van der Waals surface area (Å²) in [5.41, 5.74) is 4.49. The van der Waals surface area contributed by atoms with Crippen LogP contribution in [0.3, 0.4) is 0 Å². The van der Waals surface area contributed by atoms with Gasteiger partial charge in [0.15, 0.2) is 0 Å². The van der Waals surface area contributed by atoms with Gasteiger partial charge in [0.2, 0.25) is 0 Å². The zero-order valence-electron chi connectivity index (χ0n) is 12.8. The molecule has 0 bridgehead atoms. The number of alkyl halides is 2. The number of fused-ring (bicyclic) bond motifs is 3. The maximum absolute atomic E-state index is 12.3. The normalized spacial score (nSPS) is 16.4. The Balaban J connectivity index is 1.71. The van der Waals surface area contributed by atoms with Gasteiger partial charge in [-0.2, -0.15) is 8.78 Å². The van der Waals surface area contributed by atoms with Gasteiger partial charge in [-0.3, -0.25) is 0 Å². The van der Waals surface area contributed by atoms with Crippen LogP contribution in [0.4, 0.5) is 8.78 Å². The van der Waals surface area contributed by atoms with E-state index >= 15 is 0 Å². The predicted molar refractivity (Wildman–Crippen MR) is 87.5 cm³/mol. The highest BCUT2D eigenvalue weighted by atomic mass is 19.3. The molecule has 24 heavy (non-hydrogen) atoms. The Hall–Kier alpha value is -2.66. The lowest BCUT2D eigenvalue weighted by molar-refractivity contribution is -0.0498. The molecule has 1 aliphatic rings. The van der Waals surface area contributed by atoms with Gasteiger partial charge < -0.3 is 14.6 Å². The van der Waals surface area contributed by atoms with Crippen LogP contribution in [0.25, 0.3) is 5.69 Å².